The van der Waals surface area contributed by atoms with E-state index in [0.717, 1.165) is 16.9 Å². The van der Waals surface area contributed by atoms with Crippen molar-refractivity contribution in [1.29, 1.82) is 0 Å². The second-order valence-electron chi connectivity index (χ2n) is 6.68. The molecule has 0 fully saturated rings. The third-order valence-corrected chi connectivity index (χ3v) is 4.64. The third-order valence-electron chi connectivity index (χ3n) is 4.64. The van der Waals surface area contributed by atoms with E-state index < -0.39 is 6.04 Å². The highest BCUT2D eigenvalue weighted by Crippen LogP contribution is 2.23. The van der Waals surface area contributed by atoms with Crippen molar-refractivity contribution in [2.24, 2.45) is 7.05 Å². The van der Waals surface area contributed by atoms with Crippen LogP contribution in [0.1, 0.15) is 17.4 Å². The number of amides is 1. The number of imidazole rings is 1. The van der Waals surface area contributed by atoms with Gasteiger partial charge in [-0.15, -0.1) is 10.2 Å². The SMILES string of the molecule is COc1ccc(C(NC(=O)Cn2nnc(-c3ccccc3)n2)c2nccn2C)cc1. The first-order chi connectivity index (χ1) is 14.6. The smallest absolute Gasteiger partial charge is 0.244 e. The van der Waals surface area contributed by atoms with Crippen LogP contribution in [0.3, 0.4) is 0 Å². The molecule has 0 saturated carbocycles. The molecule has 1 atom stereocenters. The van der Waals surface area contributed by atoms with Crippen molar-refractivity contribution in [2.45, 2.75) is 12.6 Å². The zero-order valence-electron chi connectivity index (χ0n) is 16.6. The fourth-order valence-electron chi connectivity index (χ4n) is 3.10. The fourth-order valence-corrected chi connectivity index (χ4v) is 3.10. The summed E-state index contributed by atoms with van der Waals surface area (Å²) >= 11 is 0. The molecular weight excluding hydrogens is 382 g/mol. The van der Waals surface area contributed by atoms with E-state index in [9.17, 15) is 4.79 Å². The summed E-state index contributed by atoms with van der Waals surface area (Å²) in [4.78, 5) is 18.5. The van der Waals surface area contributed by atoms with Crippen LogP contribution >= 0.6 is 0 Å². The molecule has 1 amide bonds. The highest BCUT2D eigenvalue weighted by molar-refractivity contribution is 5.76. The number of aromatic nitrogens is 6. The minimum absolute atomic E-state index is 0.0586. The van der Waals surface area contributed by atoms with Crippen molar-refractivity contribution >= 4 is 5.91 Å². The Hall–Kier alpha value is -4.01. The van der Waals surface area contributed by atoms with Crippen LogP contribution in [0.25, 0.3) is 11.4 Å². The molecule has 0 spiro atoms. The lowest BCUT2D eigenvalue weighted by atomic mass is 10.1. The first-order valence-corrected chi connectivity index (χ1v) is 9.38. The number of hydrogen-bond donors (Lipinski definition) is 1. The largest absolute Gasteiger partial charge is 0.497 e. The number of benzene rings is 2. The van der Waals surface area contributed by atoms with Gasteiger partial charge in [0, 0.05) is 25.0 Å². The van der Waals surface area contributed by atoms with Gasteiger partial charge in [-0.05, 0) is 22.9 Å². The van der Waals surface area contributed by atoms with Crippen molar-refractivity contribution in [3.63, 3.8) is 0 Å². The second kappa shape index (κ2) is 8.56. The van der Waals surface area contributed by atoms with E-state index in [-0.39, 0.29) is 12.5 Å². The number of carbonyl (C=O) groups is 1. The lowest BCUT2D eigenvalue weighted by Gasteiger charge is -2.19. The third kappa shape index (κ3) is 4.19. The monoisotopic (exact) mass is 403 g/mol. The Balaban J connectivity index is 1.52. The molecule has 2 aromatic carbocycles. The fraction of sp³-hybridized carbons (Fsp3) is 0.190. The molecule has 0 saturated heterocycles. The minimum Gasteiger partial charge on any atom is -0.497 e. The van der Waals surface area contributed by atoms with E-state index in [1.165, 1.54) is 4.80 Å². The summed E-state index contributed by atoms with van der Waals surface area (Å²) in [5.41, 5.74) is 1.73. The molecule has 0 aliphatic carbocycles. The van der Waals surface area contributed by atoms with Crippen LogP contribution in [0.15, 0.2) is 67.0 Å². The molecule has 2 aromatic heterocycles. The Bertz CT molecular complexity index is 1120. The molecule has 1 unspecified atom stereocenters. The average Bonchev–Trinajstić information content (AvgIpc) is 3.42. The predicted molar refractivity (Wildman–Crippen MR) is 109 cm³/mol. The molecule has 4 aromatic rings. The highest BCUT2D eigenvalue weighted by Gasteiger charge is 2.21. The van der Waals surface area contributed by atoms with Gasteiger partial charge in [-0.25, -0.2) is 4.98 Å². The molecular formula is C21H21N7O2. The Morgan fingerprint density at radius 2 is 1.90 bits per heavy atom. The van der Waals surface area contributed by atoms with Crippen molar-refractivity contribution in [3.8, 4) is 17.1 Å². The summed E-state index contributed by atoms with van der Waals surface area (Å²) in [5, 5.41) is 15.3. The molecule has 9 heteroatoms. The number of ether oxygens (including phenoxy) is 1. The average molecular weight is 403 g/mol. The number of rotatable bonds is 7. The van der Waals surface area contributed by atoms with Crippen LogP contribution in [0.4, 0.5) is 0 Å². The molecule has 0 radical (unpaired) electrons. The molecule has 9 nitrogen and oxygen atoms in total. The molecule has 2 heterocycles. The highest BCUT2D eigenvalue weighted by atomic mass is 16.5. The van der Waals surface area contributed by atoms with Gasteiger partial charge in [0.25, 0.3) is 0 Å². The van der Waals surface area contributed by atoms with Gasteiger partial charge in [0.1, 0.15) is 24.2 Å². The normalized spacial score (nSPS) is 11.8. The van der Waals surface area contributed by atoms with E-state index in [1.54, 1.807) is 13.3 Å². The topological polar surface area (TPSA) is 99.8 Å². The van der Waals surface area contributed by atoms with Gasteiger partial charge in [0.05, 0.1) is 7.11 Å². The number of nitrogens with zero attached hydrogens (tertiary/aromatic N) is 6. The van der Waals surface area contributed by atoms with Crippen molar-refractivity contribution in [2.75, 3.05) is 7.11 Å². The molecule has 0 bridgehead atoms. The van der Waals surface area contributed by atoms with Crippen molar-refractivity contribution in [1.82, 2.24) is 35.1 Å². The zero-order chi connectivity index (χ0) is 20.9. The number of aryl methyl sites for hydroxylation is 1. The number of carbonyl (C=O) groups excluding carboxylic acids is 1. The summed E-state index contributed by atoms with van der Waals surface area (Å²) in [6.07, 6.45) is 3.53. The number of nitrogens with one attached hydrogen (secondary N) is 1. The Morgan fingerprint density at radius 1 is 1.13 bits per heavy atom. The quantitative estimate of drug-likeness (QED) is 0.507. The summed E-state index contributed by atoms with van der Waals surface area (Å²) in [7, 11) is 3.50. The van der Waals surface area contributed by atoms with Gasteiger partial charge < -0.3 is 14.6 Å². The Kier molecular flexibility index (Phi) is 5.51. The summed E-state index contributed by atoms with van der Waals surface area (Å²) in [5.74, 6) is 1.67. The maximum Gasteiger partial charge on any atom is 0.244 e. The summed E-state index contributed by atoms with van der Waals surface area (Å²) in [6, 6.07) is 16.6. The maximum absolute atomic E-state index is 12.8. The zero-order valence-corrected chi connectivity index (χ0v) is 16.6. The van der Waals surface area contributed by atoms with Gasteiger partial charge in [-0.1, -0.05) is 42.5 Å². The molecule has 0 aliphatic heterocycles. The molecule has 4 rings (SSSR count). The number of hydrogen-bond acceptors (Lipinski definition) is 6. The van der Waals surface area contributed by atoms with E-state index >= 15 is 0 Å². The van der Waals surface area contributed by atoms with Crippen LogP contribution in [-0.2, 0) is 18.4 Å². The van der Waals surface area contributed by atoms with Crippen LogP contribution < -0.4 is 10.1 Å². The molecule has 1 N–H and O–H groups in total. The van der Waals surface area contributed by atoms with Crippen LogP contribution in [0.2, 0.25) is 0 Å². The van der Waals surface area contributed by atoms with Gasteiger partial charge in [-0.3, -0.25) is 4.79 Å². The van der Waals surface area contributed by atoms with Crippen molar-refractivity contribution in [3.05, 3.63) is 78.4 Å². The first kappa shape index (κ1) is 19.3. The maximum atomic E-state index is 12.8. The summed E-state index contributed by atoms with van der Waals surface area (Å²) in [6.45, 7) is -0.0586. The van der Waals surface area contributed by atoms with Gasteiger partial charge in [-0.2, -0.15) is 4.80 Å². The number of methoxy groups -OCH3 is 1. The lowest BCUT2D eigenvalue weighted by molar-refractivity contribution is -0.122. The molecule has 152 valence electrons. The second-order valence-corrected chi connectivity index (χ2v) is 6.68. The summed E-state index contributed by atoms with van der Waals surface area (Å²) < 4.78 is 7.10. The van der Waals surface area contributed by atoms with Gasteiger partial charge >= 0.3 is 0 Å². The van der Waals surface area contributed by atoms with E-state index in [1.807, 2.05) is 72.4 Å². The Morgan fingerprint density at radius 3 is 2.57 bits per heavy atom. The van der Waals surface area contributed by atoms with Crippen molar-refractivity contribution < 1.29 is 9.53 Å². The number of tetrazole rings is 1. The molecule has 0 aliphatic rings. The van der Waals surface area contributed by atoms with Crippen LogP contribution in [0, 0.1) is 0 Å². The van der Waals surface area contributed by atoms with E-state index in [4.69, 9.17) is 4.74 Å². The van der Waals surface area contributed by atoms with Gasteiger partial charge in [0.15, 0.2) is 0 Å². The minimum atomic E-state index is -0.430. The van der Waals surface area contributed by atoms with Crippen LogP contribution in [-0.4, -0.2) is 42.8 Å². The standard InChI is InChI=1S/C21H21N7O2/c1-27-13-12-22-21(27)19(15-8-10-17(30-2)11-9-15)23-18(29)14-28-25-20(24-26-28)16-6-4-3-5-7-16/h3-13,19H,14H2,1-2H3,(H,23,29). The Labute approximate surface area is 173 Å². The van der Waals surface area contributed by atoms with E-state index in [2.05, 4.69) is 25.7 Å². The predicted octanol–water partition coefficient (Wildman–Crippen LogP) is 1.99. The van der Waals surface area contributed by atoms with Gasteiger partial charge in [0.2, 0.25) is 11.7 Å². The van der Waals surface area contributed by atoms with E-state index in [0.29, 0.717) is 11.6 Å². The van der Waals surface area contributed by atoms with Crippen LogP contribution in [0.5, 0.6) is 5.75 Å². The first-order valence-electron chi connectivity index (χ1n) is 9.38. The molecule has 30 heavy (non-hydrogen) atoms. The lowest BCUT2D eigenvalue weighted by Crippen LogP contribution is -2.34.